The zero-order valence-electron chi connectivity index (χ0n) is 12.1. The number of carbonyl (C=O) groups excluding carboxylic acids is 1. The highest BCUT2D eigenvalue weighted by Crippen LogP contribution is 2.17. The van der Waals surface area contributed by atoms with Crippen LogP contribution < -0.4 is 0 Å². The van der Waals surface area contributed by atoms with Crippen molar-refractivity contribution in [2.24, 2.45) is 4.99 Å². The molecule has 5 nitrogen and oxygen atoms in total. The number of nitrogens with zero attached hydrogens (tertiary/aromatic N) is 2. The van der Waals surface area contributed by atoms with Crippen LogP contribution in [0.1, 0.15) is 12.5 Å². The maximum absolute atomic E-state index is 12.0. The van der Waals surface area contributed by atoms with E-state index in [-0.39, 0.29) is 17.9 Å². The summed E-state index contributed by atoms with van der Waals surface area (Å²) in [7, 11) is 0. The highest BCUT2D eigenvalue weighted by Gasteiger charge is 2.16. The minimum Gasteiger partial charge on any atom is -0.506 e. The number of hydrogen-bond acceptors (Lipinski definition) is 5. The Morgan fingerprint density at radius 1 is 1.27 bits per heavy atom. The van der Waals surface area contributed by atoms with E-state index in [0.717, 1.165) is 0 Å². The molecule has 0 fully saturated rings. The minimum absolute atomic E-state index is 0.00287. The molecule has 5 heteroatoms. The van der Waals surface area contributed by atoms with Crippen molar-refractivity contribution in [3.8, 4) is 0 Å². The first kappa shape index (κ1) is 15.4. The maximum atomic E-state index is 12.0. The lowest BCUT2D eigenvalue weighted by molar-refractivity contribution is -0.137. The molecule has 2 rings (SSSR count). The average molecular weight is 296 g/mol. The van der Waals surface area contributed by atoms with Crippen molar-refractivity contribution in [2.45, 2.75) is 6.92 Å². The molecular formula is C17H16N2O3. The molecule has 1 aromatic carbocycles. The standard InChI is InChI=1S/C17H16N2O3/c1-2-22-17(21)15(12-19-14-9-6-10-18-11-14)16(20)13-7-4-3-5-8-13/h3-12,20H,2H2,1H3. The van der Waals surface area contributed by atoms with Crippen molar-refractivity contribution in [2.75, 3.05) is 6.61 Å². The van der Waals surface area contributed by atoms with Crippen LogP contribution in [0.5, 0.6) is 0 Å². The van der Waals surface area contributed by atoms with Crippen LogP contribution >= 0.6 is 0 Å². The SMILES string of the molecule is CCOC(=O)C(C=Nc1cccnc1)=C(O)c1ccccc1. The smallest absolute Gasteiger partial charge is 0.343 e. The average Bonchev–Trinajstić information content (AvgIpc) is 2.57. The Kier molecular flexibility index (Phi) is 5.43. The summed E-state index contributed by atoms with van der Waals surface area (Å²) < 4.78 is 4.97. The van der Waals surface area contributed by atoms with Gasteiger partial charge in [0.25, 0.3) is 0 Å². The zero-order valence-corrected chi connectivity index (χ0v) is 12.1. The van der Waals surface area contributed by atoms with E-state index >= 15 is 0 Å². The molecule has 0 saturated heterocycles. The van der Waals surface area contributed by atoms with Crippen LogP contribution in [0.15, 0.2) is 65.4 Å². The van der Waals surface area contributed by atoms with Crippen molar-refractivity contribution < 1.29 is 14.6 Å². The molecule has 0 saturated carbocycles. The number of carbonyl (C=O) groups is 1. The van der Waals surface area contributed by atoms with Gasteiger partial charge in [-0.1, -0.05) is 30.3 Å². The molecule has 22 heavy (non-hydrogen) atoms. The van der Waals surface area contributed by atoms with Gasteiger partial charge >= 0.3 is 5.97 Å². The molecule has 0 spiro atoms. The second-order valence-corrected chi connectivity index (χ2v) is 4.32. The summed E-state index contributed by atoms with van der Waals surface area (Å²) in [6.45, 7) is 1.92. The summed E-state index contributed by atoms with van der Waals surface area (Å²) in [6, 6.07) is 12.2. The largest absolute Gasteiger partial charge is 0.506 e. The monoisotopic (exact) mass is 296 g/mol. The fraction of sp³-hybridized carbons (Fsp3) is 0.118. The molecule has 0 aliphatic rings. The van der Waals surface area contributed by atoms with Crippen LogP contribution in [0.25, 0.3) is 5.76 Å². The van der Waals surface area contributed by atoms with Gasteiger partial charge in [-0.15, -0.1) is 0 Å². The first-order valence-corrected chi connectivity index (χ1v) is 6.82. The lowest BCUT2D eigenvalue weighted by atomic mass is 10.1. The molecule has 1 N–H and O–H groups in total. The van der Waals surface area contributed by atoms with Gasteiger partial charge in [0.15, 0.2) is 0 Å². The number of rotatable bonds is 5. The number of aliphatic hydroxyl groups excluding tert-OH is 1. The maximum Gasteiger partial charge on any atom is 0.343 e. The number of ether oxygens (including phenoxy) is 1. The van der Waals surface area contributed by atoms with Gasteiger partial charge in [0.1, 0.15) is 11.3 Å². The van der Waals surface area contributed by atoms with Crippen LogP contribution in [0.4, 0.5) is 5.69 Å². The molecule has 1 heterocycles. The van der Waals surface area contributed by atoms with Gasteiger partial charge in [0.2, 0.25) is 0 Å². The first-order chi connectivity index (χ1) is 10.7. The molecule has 0 amide bonds. The van der Waals surface area contributed by atoms with Gasteiger partial charge in [0.05, 0.1) is 18.5 Å². The van der Waals surface area contributed by atoms with Crippen molar-refractivity contribution in [1.82, 2.24) is 4.98 Å². The van der Waals surface area contributed by atoms with Crippen LogP contribution in [-0.2, 0) is 9.53 Å². The Morgan fingerprint density at radius 2 is 2.05 bits per heavy atom. The second kappa shape index (κ2) is 7.73. The number of pyridine rings is 1. The molecule has 112 valence electrons. The number of aromatic nitrogens is 1. The minimum atomic E-state index is -0.628. The summed E-state index contributed by atoms with van der Waals surface area (Å²) in [4.78, 5) is 20.1. The van der Waals surface area contributed by atoms with E-state index < -0.39 is 5.97 Å². The predicted molar refractivity (Wildman–Crippen MR) is 85.0 cm³/mol. The van der Waals surface area contributed by atoms with Crippen molar-refractivity contribution in [3.05, 3.63) is 66.0 Å². The van der Waals surface area contributed by atoms with E-state index in [2.05, 4.69) is 9.98 Å². The van der Waals surface area contributed by atoms with E-state index in [4.69, 9.17) is 4.74 Å². The van der Waals surface area contributed by atoms with E-state index in [0.29, 0.717) is 11.3 Å². The summed E-state index contributed by atoms with van der Waals surface area (Å²) in [6.07, 6.45) is 4.47. The normalized spacial score (nSPS) is 12.0. The van der Waals surface area contributed by atoms with Gasteiger partial charge in [-0.05, 0) is 19.1 Å². The molecule has 0 bridgehead atoms. The molecular weight excluding hydrogens is 280 g/mol. The fourth-order valence-corrected chi connectivity index (χ4v) is 1.74. The number of aliphatic imine (C=N–C) groups is 1. The fourth-order valence-electron chi connectivity index (χ4n) is 1.74. The first-order valence-electron chi connectivity index (χ1n) is 6.82. The third kappa shape index (κ3) is 4.02. The zero-order chi connectivity index (χ0) is 15.8. The van der Waals surface area contributed by atoms with Gasteiger partial charge in [-0.25, -0.2) is 4.79 Å². The third-order valence-corrected chi connectivity index (χ3v) is 2.79. The molecule has 0 atom stereocenters. The molecule has 0 radical (unpaired) electrons. The number of esters is 1. The van der Waals surface area contributed by atoms with Crippen molar-refractivity contribution in [1.29, 1.82) is 0 Å². The van der Waals surface area contributed by atoms with Crippen LogP contribution in [0.3, 0.4) is 0 Å². The Balaban J connectivity index is 2.39. The Labute approximate surface area is 128 Å². The van der Waals surface area contributed by atoms with Crippen LogP contribution in [0.2, 0.25) is 0 Å². The van der Waals surface area contributed by atoms with E-state index in [1.165, 1.54) is 6.21 Å². The van der Waals surface area contributed by atoms with Crippen molar-refractivity contribution in [3.63, 3.8) is 0 Å². The quantitative estimate of drug-likeness (QED) is 0.397. The van der Waals surface area contributed by atoms with Crippen LogP contribution in [0, 0.1) is 0 Å². The Morgan fingerprint density at radius 3 is 2.68 bits per heavy atom. The van der Waals surface area contributed by atoms with Gasteiger partial charge in [-0.3, -0.25) is 9.98 Å². The Bertz CT molecular complexity index is 680. The lowest BCUT2D eigenvalue weighted by Crippen LogP contribution is -2.11. The highest BCUT2D eigenvalue weighted by molar-refractivity contribution is 6.15. The highest BCUT2D eigenvalue weighted by atomic mass is 16.5. The number of benzene rings is 1. The van der Waals surface area contributed by atoms with E-state index in [1.807, 2.05) is 6.07 Å². The van der Waals surface area contributed by atoms with Crippen LogP contribution in [-0.4, -0.2) is 28.9 Å². The summed E-state index contributed by atoms with van der Waals surface area (Å²) >= 11 is 0. The predicted octanol–water partition coefficient (Wildman–Crippen LogP) is 3.32. The third-order valence-electron chi connectivity index (χ3n) is 2.79. The van der Waals surface area contributed by atoms with E-state index in [1.54, 1.807) is 55.7 Å². The van der Waals surface area contributed by atoms with Gasteiger partial charge in [-0.2, -0.15) is 0 Å². The lowest BCUT2D eigenvalue weighted by Gasteiger charge is -2.06. The second-order valence-electron chi connectivity index (χ2n) is 4.32. The van der Waals surface area contributed by atoms with E-state index in [9.17, 15) is 9.90 Å². The van der Waals surface area contributed by atoms with Gasteiger partial charge in [0, 0.05) is 18.0 Å². The topological polar surface area (TPSA) is 71.8 Å². The molecule has 0 unspecified atom stereocenters. The van der Waals surface area contributed by atoms with Gasteiger partial charge < -0.3 is 9.84 Å². The Hall–Kier alpha value is -2.95. The summed E-state index contributed by atoms with van der Waals surface area (Å²) in [5, 5.41) is 10.3. The number of hydrogen-bond donors (Lipinski definition) is 1. The number of aliphatic hydroxyl groups is 1. The molecule has 1 aromatic heterocycles. The molecule has 0 aliphatic carbocycles. The summed E-state index contributed by atoms with van der Waals surface area (Å²) in [5.41, 5.74) is 1.09. The van der Waals surface area contributed by atoms with Crippen molar-refractivity contribution >= 4 is 23.6 Å². The molecule has 2 aromatic rings. The molecule has 0 aliphatic heterocycles. The summed E-state index contributed by atoms with van der Waals surface area (Å²) in [5.74, 6) is -0.803.